The summed E-state index contributed by atoms with van der Waals surface area (Å²) in [6.07, 6.45) is 5.08. The van der Waals surface area contributed by atoms with Crippen molar-refractivity contribution in [1.82, 2.24) is 4.90 Å². The SMILES string of the molecule is CN1CCCC(O)(/C=C\CO)C1c1ccccc1. The lowest BCUT2D eigenvalue weighted by atomic mass is 9.80. The van der Waals surface area contributed by atoms with E-state index in [-0.39, 0.29) is 12.6 Å². The molecule has 0 amide bonds. The Morgan fingerprint density at radius 2 is 2.11 bits per heavy atom. The second kappa shape index (κ2) is 5.65. The lowest BCUT2D eigenvalue weighted by molar-refractivity contribution is -0.0379. The molecule has 2 N–H and O–H groups in total. The van der Waals surface area contributed by atoms with E-state index >= 15 is 0 Å². The summed E-state index contributed by atoms with van der Waals surface area (Å²) in [7, 11) is 2.04. The summed E-state index contributed by atoms with van der Waals surface area (Å²) in [5, 5.41) is 19.8. The van der Waals surface area contributed by atoms with Gasteiger partial charge in [0.25, 0.3) is 0 Å². The van der Waals surface area contributed by atoms with E-state index in [1.807, 2.05) is 37.4 Å². The number of hydrogen-bond acceptors (Lipinski definition) is 3. The standard InChI is InChI=1S/C15H21NO2/c1-16-11-5-9-15(18,10-6-12-17)14(16)13-7-3-2-4-8-13/h2-4,6-8,10,14,17-18H,5,9,11-12H2,1H3/b10-6-. The minimum absolute atomic E-state index is 0.0342. The number of benzene rings is 1. The van der Waals surface area contributed by atoms with Gasteiger partial charge in [0.05, 0.1) is 12.6 Å². The molecule has 1 heterocycles. The average Bonchev–Trinajstić information content (AvgIpc) is 2.37. The van der Waals surface area contributed by atoms with Crippen LogP contribution in [-0.2, 0) is 0 Å². The summed E-state index contributed by atoms with van der Waals surface area (Å²) in [6, 6.07) is 10.0. The highest BCUT2D eigenvalue weighted by Crippen LogP contribution is 2.39. The highest BCUT2D eigenvalue weighted by molar-refractivity contribution is 5.26. The van der Waals surface area contributed by atoms with Gasteiger partial charge in [-0.1, -0.05) is 42.5 Å². The highest BCUT2D eigenvalue weighted by atomic mass is 16.3. The van der Waals surface area contributed by atoms with Crippen molar-refractivity contribution in [1.29, 1.82) is 0 Å². The van der Waals surface area contributed by atoms with Crippen molar-refractivity contribution in [2.45, 2.75) is 24.5 Å². The zero-order chi connectivity index (χ0) is 13.0. The molecule has 2 rings (SSSR count). The van der Waals surface area contributed by atoms with Gasteiger partial charge >= 0.3 is 0 Å². The third-order valence-corrected chi connectivity index (χ3v) is 3.63. The molecule has 1 aromatic rings. The molecular formula is C15H21NO2. The molecule has 2 unspecified atom stereocenters. The molecule has 1 saturated heterocycles. The predicted octanol–water partition coefficient (Wildman–Crippen LogP) is 1.73. The maximum atomic E-state index is 10.8. The van der Waals surface area contributed by atoms with Crippen LogP contribution in [0.3, 0.4) is 0 Å². The van der Waals surface area contributed by atoms with E-state index in [1.54, 1.807) is 12.2 Å². The zero-order valence-electron chi connectivity index (χ0n) is 10.8. The molecule has 0 aromatic heterocycles. The van der Waals surface area contributed by atoms with Crippen LogP contribution in [0, 0.1) is 0 Å². The molecule has 18 heavy (non-hydrogen) atoms. The molecule has 98 valence electrons. The second-order valence-electron chi connectivity index (χ2n) is 4.97. The van der Waals surface area contributed by atoms with Gasteiger partial charge in [-0.2, -0.15) is 0 Å². The Morgan fingerprint density at radius 1 is 1.39 bits per heavy atom. The number of nitrogens with zero attached hydrogens (tertiary/aromatic N) is 1. The third-order valence-electron chi connectivity index (χ3n) is 3.63. The molecule has 0 radical (unpaired) electrons. The first-order valence-corrected chi connectivity index (χ1v) is 6.43. The first-order chi connectivity index (χ1) is 8.67. The fourth-order valence-electron chi connectivity index (χ4n) is 2.87. The lowest BCUT2D eigenvalue weighted by Gasteiger charge is -2.44. The van der Waals surface area contributed by atoms with Crippen molar-refractivity contribution < 1.29 is 10.2 Å². The van der Waals surface area contributed by atoms with Crippen LogP contribution in [0.2, 0.25) is 0 Å². The third kappa shape index (κ3) is 2.64. The van der Waals surface area contributed by atoms with Crippen molar-refractivity contribution in [3.05, 3.63) is 48.0 Å². The van der Waals surface area contributed by atoms with E-state index < -0.39 is 5.60 Å². The Labute approximate surface area is 108 Å². The molecule has 1 fully saturated rings. The van der Waals surface area contributed by atoms with Crippen molar-refractivity contribution in [2.24, 2.45) is 0 Å². The van der Waals surface area contributed by atoms with Gasteiger partial charge in [0.15, 0.2) is 0 Å². The smallest absolute Gasteiger partial charge is 0.102 e. The maximum Gasteiger partial charge on any atom is 0.102 e. The summed E-state index contributed by atoms with van der Waals surface area (Å²) < 4.78 is 0. The first kappa shape index (κ1) is 13.3. The van der Waals surface area contributed by atoms with Gasteiger partial charge < -0.3 is 10.2 Å². The second-order valence-corrected chi connectivity index (χ2v) is 4.97. The topological polar surface area (TPSA) is 43.7 Å². The van der Waals surface area contributed by atoms with Gasteiger partial charge in [-0.25, -0.2) is 0 Å². The molecule has 0 aliphatic carbocycles. The predicted molar refractivity (Wildman–Crippen MR) is 72.2 cm³/mol. The van der Waals surface area contributed by atoms with E-state index in [0.717, 1.165) is 24.9 Å². The number of likely N-dealkylation sites (tertiary alicyclic amines) is 1. The first-order valence-electron chi connectivity index (χ1n) is 6.43. The van der Waals surface area contributed by atoms with Crippen LogP contribution in [0.1, 0.15) is 24.4 Å². The van der Waals surface area contributed by atoms with Crippen LogP contribution in [0.4, 0.5) is 0 Å². The van der Waals surface area contributed by atoms with Crippen molar-refractivity contribution in [2.75, 3.05) is 20.2 Å². The van der Waals surface area contributed by atoms with Crippen LogP contribution >= 0.6 is 0 Å². The zero-order valence-corrected chi connectivity index (χ0v) is 10.8. The van der Waals surface area contributed by atoms with Gasteiger partial charge in [-0.15, -0.1) is 0 Å². The van der Waals surface area contributed by atoms with Crippen LogP contribution in [-0.4, -0.2) is 40.9 Å². The monoisotopic (exact) mass is 247 g/mol. The van der Waals surface area contributed by atoms with E-state index in [0.29, 0.717) is 0 Å². The van der Waals surface area contributed by atoms with Crippen LogP contribution in [0.5, 0.6) is 0 Å². The summed E-state index contributed by atoms with van der Waals surface area (Å²) >= 11 is 0. The normalized spacial score (nSPS) is 29.8. The van der Waals surface area contributed by atoms with Crippen LogP contribution < -0.4 is 0 Å². The lowest BCUT2D eigenvalue weighted by Crippen LogP contribution is -2.48. The molecule has 1 aliphatic heterocycles. The Kier molecular flexibility index (Phi) is 4.17. The number of aliphatic hydroxyl groups excluding tert-OH is 1. The Balaban J connectivity index is 2.34. The fourth-order valence-corrected chi connectivity index (χ4v) is 2.87. The van der Waals surface area contributed by atoms with E-state index in [9.17, 15) is 5.11 Å². The van der Waals surface area contributed by atoms with Crippen LogP contribution in [0.25, 0.3) is 0 Å². The largest absolute Gasteiger partial charge is 0.392 e. The summed E-state index contributed by atoms with van der Waals surface area (Å²) in [5.74, 6) is 0. The number of rotatable bonds is 3. The maximum absolute atomic E-state index is 10.8. The number of likely N-dealkylation sites (N-methyl/N-ethyl adjacent to an activating group) is 1. The average molecular weight is 247 g/mol. The Bertz CT molecular complexity index is 404. The van der Waals surface area contributed by atoms with Gasteiger partial charge in [-0.05, 0) is 32.0 Å². The number of piperidine rings is 1. The minimum Gasteiger partial charge on any atom is -0.392 e. The number of aliphatic hydroxyl groups is 2. The quantitative estimate of drug-likeness (QED) is 0.800. The molecule has 3 nitrogen and oxygen atoms in total. The molecule has 0 bridgehead atoms. The number of hydrogen-bond donors (Lipinski definition) is 2. The van der Waals surface area contributed by atoms with Gasteiger partial charge in [0.1, 0.15) is 5.60 Å². The summed E-state index contributed by atoms with van der Waals surface area (Å²) in [6.45, 7) is 0.947. The molecule has 3 heteroatoms. The molecule has 1 aromatic carbocycles. The van der Waals surface area contributed by atoms with E-state index in [1.165, 1.54) is 0 Å². The van der Waals surface area contributed by atoms with E-state index in [2.05, 4.69) is 4.90 Å². The van der Waals surface area contributed by atoms with Crippen LogP contribution in [0.15, 0.2) is 42.5 Å². The molecule has 1 aliphatic rings. The minimum atomic E-state index is -0.892. The van der Waals surface area contributed by atoms with Crippen molar-refractivity contribution >= 4 is 0 Å². The Hall–Kier alpha value is -1.16. The summed E-state index contributed by atoms with van der Waals surface area (Å²) in [5.41, 5.74) is 0.224. The molecular weight excluding hydrogens is 226 g/mol. The fraction of sp³-hybridized carbons (Fsp3) is 0.467. The summed E-state index contributed by atoms with van der Waals surface area (Å²) in [4.78, 5) is 2.18. The molecule has 0 spiro atoms. The Morgan fingerprint density at radius 3 is 2.78 bits per heavy atom. The molecule has 2 atom stereocenters. The van der Waals surface area contributed by atoms with Crippen molar-refractivity contribution in [3.63, 3.8) is 0 Å². The van der Waals surface area contributed by atoms with Gasteiger partial charge in [0, 0.05) is 0 Å². The highest BCUT2D eigenvalue weighted by Gasteiger charge is 2.40. The van der Waals surface area contributed by atoms with E-state index in [4.69, 9.17) is 5.11 Å². The van der Waals surface area contributed by atoms with Gasteiger partial charge in [-0.3, -0.25) is 4.90 Å². The molecule has 0 saturated carbocycles. The van der Waals surface area contributed by atoms with Gasteiger partial charge in [0.2, 0.25) is 0 Å². The van der Waals surface area contributed by atoms with Crippen molar-refractivity contribution in [3.8, 4) is 0 Å².